The summed E-state index contributed by atoms with van der Waals surface area (Å²) in [5.74, 6) is 0.00931. The van der Waals surface area contributed by atoms with E-state index in [9.17, 15) is 9.90 Å². The van der Waals surface area contributed by atoms with Gasteiger partial charge in [0.1, 0.15) is 11.4 Å². The van der Waals surface area contributed by atoms with Crippen molar-refractivity contribution in [3.63, 3.8) is 0 Å². The number of ketones is 1. The molecule has 1 N–H and O–H groups in total. The number of carbonyl (C=O) groups is 1. The van der Waals surface area contributed by atoms with Crippen molar-refractivity contribution >= 4 is 11.9 Å². The third-order valence-electron chi connectivity index (χ3n) is 1.29. The van der Waals surface area contributed by atoms with E-state index < -0.39 is 0 Å². The van der Waals surface area contributed by atoms with Gasteiger partial charge in [-0.25, -0.2) is 0 Å². The Hall–Kier alpha value is -1.64. The van der Waals surface area contributed by atoms with E-state index in [4.69, 9.17) is 0 Å². The van der Waals surface area contributed by atoms with Crippen LogP contribution >= 0.6 is 0 Å². The lowest BCUT2D eigenvalue weighted by molar-refractivity contribution is -0.112. The average Bonchev–Trinajstić information content (AvgIpc) is 2.03. The van der Waals surface area contributed by atoms with Crippen molar-refractivity contribution in [1.29, 1.82) is 0 Å². The first-order valence-electron chi connectivity index (χ1n) is 3.53. The Morgan fingerprint density at radius 2 is 2.42 bits per heavy atom. The molecule has 0 aliphatic heterocycles. The van der Waals surface area contributed by atoms with Crippen molar-refractivity contribution in [3.8, 4) is 5.75 Å². The summed E-state index contributed by atoms with van der Waals surface area (Å²) in [6.07, 6.45) is 4.40. The Labute approximate surface area is 70.4 Å². The van der Waals surface area contributed by atoms with Crippen LogP contribution in [-0.4, -0.2) is 15.9 Å². The van der Waals surface area contributed by atoms with Gasteiger partial charge in [0.2, 0.25) is 0 Å². The predicted molar refractivity (Wildman–Crippen MR) is 45.6 cm³/mol. The van der Waals surface area contributed by atoms with Crippen LogP contribution in [0.1, 0.15) is 12.6 Å². The second-order valence-electron chi connectivity index (χ2n) is 2.35. The predicted octanol–water partition coefficient (Wildman–Crippen LogP) is 1.39. The van der Waals surface area contributed by atoms with E-state index in [1.807, 2.05) is 0 Å². The van der Waals surface area contributed by atoms with E-state index in [1.165, 1.54) is 25.1 Å². The molecule has 0 saturated carbocycles. The highest BCUT2D eigenvalue weighted by Gasteiger charge is 1.95. The maximum Gasteiger partial charge on any atom is 0.152 e. The minimum Gasteiger partial charge on any atom is -0.506 e. The normalized spacial score (nSPS) is 10.4. The van der Waals surface area contributed by atoms with Crippen molar-refractivity contribution in [3.05, 3.63) is 30.1 Å². The van der Waals surface area contributed by atoms with Crippen LogP contribution in [0.25, 0.3) is 6.08 Å². The fraction of sp³-hybridized carbons (Fsp3) is 0.111. The molecule has 0 saturated heterocycles. The number of hydrogen-bond acceptors (Lipinski definition) is 3. The van der Waals surface area contributed by atoms with Crippen LogP contribution in [0.2, 0.25) is 0 Å². The van der Waals surface area contributed by atoms with Crippen LogP contribution in [0.4, 0.5) is 0 Å². The van der Waals surface area contributed by atoms with Crippen LogP contribution in [-0.2, 0) is 4.79 Å². The van der Waals surface area contributed by atoms with Gasteiger partial charge in [0.25, 0.3) is 0 Å². The van der Waals surface area contributed by atoms with Crippen molar-refractivity contribution in [2.24, 2.45) is 0 Å². The topological polar surface area (TPSA) is 50.2 Å². The van der Waals surface area contributed by atoms with E-state index in [0.29, 0.717) is 5.69 Å². The number of carbonyl (C=O) groups excluding carboxylic acids is 1. The number of allylic oxidation sites excluding steroid dienone is 1. The van der Waals surface area contributed by atoms with E-state index in [-0.39, 0.29) is 11.5 Å². The molecular weight excluding hydrogens is 154 g/mol. The van der Waals surface area contributed by atoms with Gasteiger partial charge >= 0.3 is 0 Å². The number of rotatable bonds is 2. The molecule has 0 atom stereocenters. The minimum absolute atomic E-state index is 0.0694. The summed E-state index contributed by atoms with van der Waals surface area (Å²) in [5.41, 5.74) is 0.410. The zero-order chi connectivity index (χ0) is 8.97. The summed E-state index contributed by atoms with van der Waals surface area (Å²) in [6.45, 7) is 1.44. The summed E-state index contributed by atoms with van der Waals surface area (Å²) < 4.78 is 0. The first-order valence-corrected chi connectivity index (χ1v) is 3.53. The first-order chi connectivity index (χ1) is 5.70. The molecule has 62 valence electrons. The number of hydrogen-bond donors (Lipinski definition) is 1. The third-order valence-corrected chi connectivity index (χ3v) is 1.29. The number of aromatic hydroxyl groups is 1. The van der Waals surface area contributed by atoms with Gasteiger partial charge in [-0.3, -0.25) is 9.78 Å². The quantitative estimate of drug-likeness (QED) is 0.670. The van der Waals surface area contributed by atoms with Gasteiger partial charge in [0.15, 0.2) is 5.78 Å². The molecule has 0 radical (unpaired) electrons. The zero-order valence-electron chi connectivity index (χ0n) is 6.69. The van der Waals surface area contributed by atoms with Gasteiger partial charge in [0, 0.05) is 6.20 Å². The Bertz CT molecular complexity index is 318. The molecule has 0 bridgehead atoms. The Kier molecular flexibility index (Phi) is 2.58. The molecule has 0 amide bonds. The molecule has 3 heteroatoms. The van der Waals surface area contributed by atoms with Gasteiger partial charge in [-0.05, 0) is 31.2 Å². The van der Waals surface area contributed by atoms with Crippen molar-refractivity contribution in [2.45, 2.75) is 6.92 Å². The Morgan fingerprint density at radius 1 is 1.67 bits per heavy atom. The minimum atomic E-state index is -0.0694. The average molecular weight is 163 g/mol. The van der Waals surface area contributed by atoms with Crippen LogP contribution < -0.4 is 0 Å². The van der Waals surface area contributed by atoms with Gasteiger partial charge in [-0.15, -0.1) is 0 Å². The van der Waals surface area contributed by atoms with Crippen molar-refractivity contribution in [1.82, 2.24) is 4.98 Å². The highest BCUT2D eigenvalue weighted by atomic mass is 16.3. The van der Waals surface area contributed by atoms with E-state index >= 15 is 0 Å². The summed E-state index contributed by atoms with van der Waals surface area (Å²) in [5, 5.41) is 9.20. The molecule has 1 heterocycles. The van der Waals surface area contributed by atoms with Gasteiger partial charge < -0.3 is 5.11 Å². The van der Waals surface area contributed by atoms with Crippen LogP contribution in [0.5, 0.6) is 5.75 Å². The van der Waals surface area contributed by atoms with Crippen LogP contribution in [0.15, 0.2) is 24.4 Å². The van der Waals surface area contributed by atoms with Gasteiger partial charge in [-0.2, -0.15) is 0 Å². The standard InChI is InChI=1S/C9H9NO2/c1-7(11)4-5-8-9(12)3-2-6-10-8/h2-6,12H,1H3/b5-4+. The number of nitrogens with zero attached hydrogens (tertiary/aromatic N) is 1. The first kappa shape index (κ1) is 8.46. The lowest BCUT2D eigenvalue weighted by Crippen LogP contribution is -1.83. The van der Waals surface area contributed by atoms with Crippen molar-refractivity contribution < 1.29 is 9.90 Å². The summed E-state index contributed by atoms with van der Waals surface area (Å²) >= 11 is 0. The molecule has 1 rings (SSSR count). The molecule has 1 aromatic heterocycles. The largest absolute Gasteiger partial charge is 0.506 e. The monoisotopic (exact) mass is 163 g/mol. The SMILES string of the molecule is CC(=O)/C=C/c1ncccc1O. The summed E-state index contributed by atoms with van der Waals surface area (Å²) in [4.78, 5) is 14.4. The molecule has 0 unspecified atom stereocenters. The van der Waals surface area contributed by atoms with Crippen molar-refractivity contribution in [2.75, 3.05) is 0 Å². The fourth-order valence-corrected chi connectivity index (χ4v) is 0.734. The van der Waals surface area contributed by atoms with Crippen LogP contribution in [0.3, 0.4) is 0 Å². The molecule has 12 heavy (non-hydrogen) atoms. The second-order valence-corrected chi connectivity index (χ2v) is 2.35. The Morgan fingerprint density at radius 3 is 3.00 bits per heavy atom. The smallest absolute Gasteiger partial charge is 0.152 e. The molecule has 1 aromatic rings. The highest BCUT2D eigenvalue weighted by Crippen LogP contribution is 2.13. The second kappa shape index (κ2) is 3.67. The lowest BCUT2D eigenvalue weighted by atomic mass is 10.3. The van der Waals surface area contributed by atoms with Gasteiger partial charge in [0.05, 0.1) is 0 Å². The maximum atomic E-state index is 10.5. The summed E-state index contributed by atoms with van der Waals surface area (Å²) in [6, 6.07) is 3.15. The van der Waals surface area contributed by atoms with E-state index in [2.05, 4.69) is 4.98 Å². The number of pyridine rings is 1. The molecule has 0 spiro atoms. The van der Waals surface area contributed by atoms with E-state index in [1.54, 1.807) is 12.3 Å². The third kappa shape index (κ3) is 2.20. The van der Waals surface area contributed by atoms with E-state index in [0.717, 1.165) is 0 Å². The molecule has 0 aromatic carbocycles. The maximum absolute atomic E-state index is 10.5. The molecule has 0 fully saturated rings. The number of aromatic nitrogens is 1. The summed E-state index contributed by atoms with van der Waals surface area (Å²) in [7, 11) is 0. The lowest BCUT2D eigenvalue weighted by Gasteiger charge is -1.94. The van der Waals surface area contributed by atoms with Crippen LogP contribution in [0, 0.1) is 0 Å². The molecule has 0 aliphatic carbocycles. The Balaban J connectivity index is 2.89. The molecular formula is C9H9NO2. The molecule has 3 nitrogen and oxygen atoms in total. The fourth-order valence-electron chi connectivity index (χ4n) is 0.734. The molecule has 0 aliphatic rings. The van der Waals surface area contributed by atoms with Gasteiger partial charge in [-0.1, -0.05) is 0 Å². The zero-order valence-corrected chi connectivity index (χ0v) is 6.69. The highest BCUT2D eigenvalue weighted by molar-refractivity contribution is 5.91.